The zero-order valence-corrected chi connectivity index (χ0v) is 14.6. The zero-order chi connectivity index (χ0) is 17.5. The van der Waals surface area contributed by atoms with Crippen LogP contribution in [0.2, 0.25) is 0 Å². The Balaban J connectivity index is 1.93. The largest absolute Gasteiger partial charge is 0.450 e. The second-order valence-electron chi connectivity index (χ2n) is 6.22. The minimum atomic E-state index is -0.314. The van der Waals surface area contributed by atoms with Gasteiger partial charge >= 0.3 is 6.09 Å². The van der Waals surface area contributed by atoms with Gasteiger partial charge in [-0.1, -0.05) is 13.8 Å². The Hall–Kier alpha value is -2.31. The van der Waals surface area contributed by atoms with Gasteiger partial charge < -0.3 is 19.9 Å². The third kappa shape index (κ3) is 4.84. The van der Waals surface area contributed by atoms with E-state index in [9.17, 15) is 9.59 Å². The van der Waals surface area contributed by atoms with Gasteiger partial charge in [0.05, 0.1) is 17.9 Å². The first-order chi connectivity index (χ1) is 11.5. The Kier molecular flexibility index (Phi) is 6.40. The number of ether oxygens (including phenoxy) is 1. The molecule has 2 amide bonds. The number of carbonyl (C=O) groups is 2. The molecule has 7 heteroatoms. The van der Waals surface area contributed by atoms with E-state index >= 15 is 0 Å². The number of hydrogen-bond acceptors (Lipinski definition) is 5. The quantitative estimate of drug-likeness (QED) is 0.892. The Morgan fingerprint density at radius 3 is 2.50 bits per heavy atom. The molecule has 132 valence electrons. The van der Waals surface area contributed by atoms with Crippen molar-refractivity contribution < 1.29 is 14.3 Å². The lowest BCUT2D eigenvalue weighted by atomic mass is 10.2. The Morgan fingerprint density at radius 1 is 1.21 bits per heavy atom. The zero-order valence-electron chi connectivity index (χ0n) is 14.6. The molecule has 0 spiro atoms. The maximum atomic E-state index is 12.6. The molecule has 24 heavy (non-hydrogen) atoms. The molecule has 0 radical (unpaired) electrons. The second-order valence-corrected chi connectivity index (χ2v) is 6.22. The SMILES string of the molecule is CCOC(=O)N1CCN(C(=O)c2cncc(NCC(C)C)c2)CC1. The number of piperazine rings is 1. The van der Waals surface area contributed by atoms with E-state index in [2.05, 4.69) is 24.1 Å². The molecule has 1 aromatic rings. The number of nitrogens with zero attached hydrogens (tertiary/aromatic N) is 3. The molecule has 0 bridgehead atoms. The maximum Gasteiger partial charge on any atom is 0.409 e. The van der Waals surface area contributed by atoms with Crippen LogP contribution in [0.3, 0.4) is 0 Å². The average molecular weight is 334 g/mol. The molecule has 1 N–H and O–H groups in total. The third-order valence-electron chi connectivity index (χ3n) is 3.79. The lowest BCUT2D eigenvalue weighted by molar-refractivity contribution is 0.0570. The monoisotopic (exact) mass is 334 g/mol. The molecule has 1 aromatic heterocycles. The van der Waals surface area contributed by atoms with E-state index in [-0.39, 0.29) is 12.0 Å². The summed E-state index contributed by atoms with van der Waals surface area (Å²) in [6, 6.07) is 1.83. The molecule has 0 aromatic carbocycles. The van der Waals surface area contributed by atoms with Gasteiger partial charge in [0.15, 0.2) is 0 Å². The van der Waals surface area contributed by atoms with Crippen LogP contribution in [0, 0.1) is 5.92 Å². The standard InChI is InChI=1S/C17H26N4O3/c1-4-24-17(23)21-7-5-20(6-8-21)16(22)14-9-15(12-18-11-14)19-10-13(2)3/h9,11-13,19H,4-8,10H2,1-3H3. The van der Waals surface area contributed by atoms with E-state index in [4.69, 9.17) is 4.74 Å². The van der Waals surface area contributed by atoms with E-state index in [0.717, 1.165) is 12.2 Å². The molecule has 1 aliphatic heterocycles. The highest BCUT2D eigenvalue weighted by atomic mass is 16.6. The summed E-state index contributed by atoms with van der Waals surface area (Å²) in [7, 11) is 0. The highest BCUT2D eigenvalue weighted by Gasteiger charge is 2.25. The summed E-state index contributed by atoms with van der Waals surface area (Å²) in [4.78, 5) is 31.8. The van der Waals surface area contributed by atoms with Crippen LogP contribution < -0.4 is 5.32 Å². The van der Waals surface area contributed by atoms with Gasteiger partial charge in [0.1, 0.15) is 0 Å². The number of aromatic nitrogens is 1. The van der Waals surface area contributed by atoms with Crippen molar-refractivity contribution in [2.24, 2.45) is 5.92 Å². The summed E-state index contributed by atoms with van der Waals surface area (Å²) in [5, 5.41) is 3.28. The number of pyridine rings is 1. The Bertz CT molecular complexity index is 569. The van der Waals surface area contributed by atoms with Gasteiger partial charge in [0, 0.05) is 45.1 Å². The smallest absolute Gasteiger partial charge is 0.409 e. The number of rotatable bonds is 5. The fraction of sp³-hybridized carbons (Fsp3) is 0.588. The second kappa shape index (κ2) is 8.52. The molecule has 0 atom stereocenters. The number of amides is 2. The first-order valence-electron chi connectivity index (χ1n) is 8.41. The predicted octanol–water partition coefficient (Wildman–Crippen LogP) is 2.06. The molecular weight excluding hydrogens is 308 g/mol. The summed E-state index contributed by atoms with van der Waals surface area (Å²) in [5.41, 5.74) is 1.41. The molecule has 2 rings (SSSR count). The van der Waals surface area contributed by atoms with Gasteiger partial charge in [0.2, 0.25) is 0 Å². The molecule has 0 saturated carbocycles. The van der Waals surface area contributed by atoms with E-state index in [1.807, 2.05) is 6.07 Å². The van der Waals surface area contributed by atoms with Crippen molar-refractivity contribution >= 4 is 17.7 Å². The van der Waals surface area contributed by atoms with E-state index in [0.29, 0.717) is 44.3 Å². The third-order valence-corrected chi connectivity index (χ3v) is 3.79. The van der Waals surface area contributed by atoms with Crippen molar-refractivity contribution in [3.8, 4) is 0 Å². The highest BCUT2D eigenvalue weighted by molar-refractivity contribution is 5.94. The maximum absolute atomic E-state index is 12.6. The van der Waals surface area contributed by atoms with Gasteiger partial charge in [-0.2, -0.15) is 0 Å². The highest BCUT2D eigenvalue weighted by Crippen LogP contribution is 2.13. The van der Waals surface area contributed by atoms with E-state index in [1.165, 1.54) is 0 Å². The van der Waals surface area contributed by atoms with Crippen molar-refractivity contribution in [3.63, 3.8) is 0 Å². The topological polar surface area (TPSA) is 74.8 Å². The predicted molar refractivity (Wildman–Crippen MR) is 92.1 cm³/mol. The van der Waals surface area contributed by atoms with E-state index in [1.54, 1.807) is 29.1 Å². The normalized spacial score (nSPS) is 14.7. The fourth-order valence-corrected chi connectivity index (χ4v) is 2.46. The Labute approximate surface area is 143 Å². The van der Waals surface area contributed by atoms with Crippen LogP contribution in [0.1, 0.15) is 31.1 Å². The molecule has 7 nitrogen and oxygen atoms in total. The minimum Gasteiger partial charge on any atom is -0.450 e. The number of hydrogen-bond donors (Lipinski definition) is 1. The molecule has 1 aliphatic rings. The summed E-state index contributed by atoms with van der Waals surface area (Å²) in [6.07, 6.45) is 2.99. The van der Waals surface area contributed by atoms with E-state index < -0.39 is 0 Å². The molecule has 1 fully saturated rings. The van der Waals surface area contributed by atoms with Gasteiger partial charge in [-0.3, -0.25) is 9.78 Å². The van der Waals surface area contributed by atoms with Crippen LogP contribution in [-0.4, -0.2) is 66.1 Å². The fourth-order valence-electron chi connectivity index (χ4n) is 2.46. The average Bonchev–Trinajstić information content (AvgIpc) is 2.60. The van der Waals surface area contributed by atoms with Crippen molar-refractivity contribution in [3.05, 3.63) is 24.0 Å². The van der Waals surface area contributed by atoms with Crippen LogP contribution in [0.4, 0.5) is 10.5 Å². The number of nitrogens with one attached hydrogen (secondary N) is 1. The lowest BCUT2D eigenvalue weighted by Crippen LogP contribution is -2.50. The first-order valence-corrected chi connectivity index (χ1v) is 8.41. The van der Waals surface area contributed by atoms with Crippen molar-refractivity contribution in [2.75, 3.05) is 44.6 Å². The molecule has 0 unspecified atom stereocenters. The molecule has 2 heterocycles. The first kappa shape index (κ1) is 18.0. The van der Waals surface area contributed by atoms with Gasteiger partial charge in [-0.05, 0) is 18.9 Å². The summed E-state index contributed by atoms with van der Waals surface area (Å²) < 4.78 is 4.99. The summed E-state index contributed by atoms with van der Waals surface area (Å²) in [6.45, 7) is 9.20. The van der Waals surface area contributed by atoms with Crippen LogP contribution in [0.5, 0.6) is 0 Å². The van der Waals surface area contributed by atoms with Gasteiger partial charge in [-0.25, -0.2) is 4.79 Å². The summed E-state index contributed by atoms with van der Waals surface area (Å²) in [5.74, 6) is 0.458. The minimum absolute atomic E-state index is 0.0563. The lowest BCUT2D eigenvalue weighted by Gasteiger charge is -2.34. The molecule has 0 aliphatic carbocycles. The van der Waals surface area contributed by atoms with Crippen LogP contribution >= 0.6 is 0 Å². The van der Waals surface area contributed by atoms with Crippen molar-refractivity contribution in [1.29, 1.82) is 0 Å². The Morgan fingerprint density at radius 2 is 1.88 bits per heavy atom. The summed E-state index contributed by atoms with van der Waals surface area (Å²) >= 11 is 0. The molecule has 1 saturated heterocycles. The van der Waals surface area contributed by atoms with Gasteiger partial charge in [-0.15, -0.1) is 0 Å². The van der Waals surface area contributed by atoms with Crippen molar-refractivity contribution in [1.82, 2.24) is 14.8 Å². The van der Waals surface area contributed by atoms with Crippen molar-refractivity contribution in [2.45, 2.75) is 20.8 Å². The van der Waals surface area contributed by atoms with Crippen LogP contribution in [0.25, 0.3) is 0 Å². The van der Waals surface area contributed by atoms with Gasteiger partial charge in [0.25, 0.3) is 5.91 Å². The molecular formula is C17H26N4O3. The van der Waals surface area contributed by atoms with Crippen LogP contribution in [0.15, 0.2) is 18.5 Å². The number of anilines is 1. The number of carbonyl (C=O) groups excluding carboxylic acids is 2. The van der Waals surface area contributed by atoms with Crippen LogP contribution in [-0.2, 0) is 4.74 Å².